The maximum absolute atomic E-state index is 11.9. The average Bonchev–Trinajstić information content (AvgIpc) is 2.37. The molecule has 0 N–H and O–H groups in total. The molecule has 0 saturated carbocycles. The number of rotatable bonds is 0. The summed E-state index contributed by atoms with van der Waals surface area (Å²) < 4.78 is 0. The van der Waals surface area contributed by atoms with Gasteiger partial charge in [0, 0.05) is 11.1 Å². The average molecular weight is 238 g/mol. The molecule has 1 aromatic rings. The number of hydrogen-bond donors (Lipinski definition) is 0. The van der Waals surface area contributed by atoms with E-state index in [2.05, 4.69) is 24.3 Å². The van der Waals surface area contributed by atoms with Crippen molar-refractivity contribution in [3.8, 4) is 0 Å². The fraction of sp³-hybridized carbons (Fsp3) is 0.250. The summed E-state index contributed by atoms with van der Waals surface area (Å²) in [4.78, 5) is 23.8. The largest absolute Gasteiger partial charge is 0.290 e. The lowest BCUT2D eigenvalue weighted by molar-refractivity contribution is -0.115. The van der Waals surface area contributed by atoms with E-state index in [1.807, 2.05) is 0 Å². The molecule has 0 spiro atoms. The van der Waals surface area contributed by atoms with E-state index < -0.39 is 0 Å². The molecule has 5 aliphatic rings. The number of benzene rings is 1. The minimum absolute atomic E-state index is 0.0135. The first-order valence-electron chi connectivity index (χ1n) is 6.30. The minimum Gasteiger partial charge on any atom is -0.290 e. The standard InChI is InChI=1S/C16H14O2/c17-15-10-14-8-6-12-2-1-11(3-4-12)5-7-13(15)9-16(14)18/h1-4,9-10H,5-8H2. The number of carbonyl (C=O) groups is 2. The van der Waals surface area contributed by atoms with E-state index in [0.29, 0.717) is 24.0 Å². The maximum atomic E-state index is 11.9. The van der Waals surface area contributed by atoms with Crippen molar-refractivity contribution in [2.24, 2.45) is 0 Å². The second-order valence-electron chi connectivity index (χ2n) is 4.88. The van der Waals surface area contributed by atoms with Gasteiger partial charge < -0.3 is 0 Å². The predicted octanol–water partition coefficient (Wildman–Crippen LogP) is 2.57. The highest BCUT2D eigenvalue weighted by atomic mass is 16.1. The van der Waals surface area contributed by atoms with Crippen molar-refractivity contribution in [2.45, 2.75) is 25.7 Å². The summed E-state index contributed by atoms with van der Waals surface area (Å²) >= 11 is 0. The molecule has 0 saturated heterocycles. The Labute approximate surface area is 106 Å². The highest BCUT2D eigenvalue weighted by molar-refractivity contribution is 6.19. The molecule has 6 rings (SSSR count). The first kappa shape index (κ1) is 11.1. The van der Waals surface area contributed by atoms with Crippen LogP contribution in [0.5, 0.6) is 0 Å². The molecule has 0 heterocycles. The van der Waals surface area contributed by atoms with Crippen molar-refractivity contribution in [3.05, 3.63) is 58.7 Å². The maximum Gasteiger partial charge on any atom is 0.182 e. The van der Waals surface area contributed by atoms with Crippen LogP contribution in [0.15, 0.2) is 47.6 Å². The van der Waals surface area contributed by atoms with Crippen LogP contribution in [0.2, 0.25) is 0 Å². The molecular formula is C16H14O2. The van der Waals surface area contributed by atoms with Crippen LogP contribution >= 0.6 is 0 Å². The molecule has 0 aliphatic heterocycles. The Bertz CT molecular complexity index is 521. The van der Waals surface area contributed by atoms with Gasteiger partial charge in [-0.2, -0.15) is 0 Å². The molecule has 4 bridgehead atoms. The first-order chi connectivity index (χ1) is 8.72. The van der Waals surface area contributed by atoms with Crippen LogP contribution in [0.25, 0.3) is 0 Å². The van der Waals surface area contributed by atoms with Gasteiger partial charge in [-0.3, -0.25) is 9.59 Å². The molecule has 18 heavy (non-hydrogen) atoms. The van der Waals surface area contributed by atoms with Crippen LogP contribution in [0, 0.1) is 0 Å². The van der Waals surface area contributed by atoms with Crippen LogP contribution in [0.4, 0.5) is 0 Å². The topological polar surface area (TPSA) is 34.1 Å². The minimum atomic E-state index is 0.0135. The van der Waals surface area contributed by atoms with Gasteiger partial charge in [0.05, 0.1) is 0 Å². The highest BCUT2D eigenvalue weighted by Crippen LogP contribution is 2.22. The normalized spacial score (nSPS) is 19.1. The van der Waals surface area contributed by atoms with Crippen LogP contribution in [-0.4, -0.2) is 11.6 Å². The second kappa shape index (κ2) is 4.37. The molecule has 0 unspecified atom stereocenters. The quantitative estimate of drug-likeness (QED) is 0.651. The molecule has 90 valence electrons. The third-order valence-electron chi connectivity index (χ3n) is 3.63. The van der Waals surface area contributed by atoms with E-state index in [0.717, 1.165) is 12.8 Å². The van der Waals surface area contributed by atoms with Crippen molar-refractivity contribution in [1.29, 1.82) is 0 Å². The van der Waals surface area contributed by atoms with Crippen molar-refractivity contribution >= 4 is 11.6 Å². The van der Waals surface area contributed by atoms with Gasteiger partial charge in [0.25, 0.3) is 0 Å². The molecule has 5 aliphatic carbocycles. The summed E-state index contributed by atoms with van der Waals surface area (Å²) in [6, 6.07) is 8.47. The first-order valence-corrected chi connectivity index (χ1v) is 6.30. The summed E-state index contributed by atoms with van der Waals surface area (Å²) in [5.41, 5.74) is 3.73. The Kier molecular flexibility index (Phi) is 2.71. The van der Waals surface area contributed by atoms with Gasteiger partial charge in [-0.15, -0.1) is 0 Å². The zero-order chi connectivity index (χ0) is 12.5. The van der Waals surface area contributed by atoms with Crippen molar-refractivity contribution < 1.29 is 9.59 Å². The number of allylic oxidation sites excluding steroid dienone is 4. The number of hydrogen-bond acceptors (Lipinski definition) is 2. The fourth-order valence-corrected chi connectivity index (χ4v) is 2.47. The molecule has 2 nitrogen and oxygen atoms in total. The number of carbonyl (C=O) groups excluding carboxylic acids is 2. The van der Waals surface area contributed by atoms with E-state index >= 15 is 0 Å². The highest BCUT2D eigenvalue weighted by Gasteiger charge is 2.20. The predicted molar refractivity (Wildman–Crippen MR) is 69.3 cm³/mol. The third-order valence-corrected chi connectivity index (χ3v) is 3.63. The Hall–Kier alpha value is -1.96. The Balaban J connectivity index is 2.00. The molecule has 1 aromatic carbocycles. The smallest absolute Gasteiger partial charge is 0.182 e. The van der Waals surface area contributed by atoms with Crippen LogP contribution in [-0.2, 0) is 22.4 Å². The lowest BCUT2D eigenvalue weighted by Crippen LogP contribution is -2.15. The summed E-state index contributed by atoms with van der Waals surface area (Å²) in [6.45, 7) is 0. The van der Waals surface area contributed by atoms with Crippen LogP contribution < -0.4 is 0 Å². The van der Waals surface area contributed by atoms with Crippen molar-refractivity contribution in [1.82, 2.24) is 0 Å². The monoisotopic (exact) mass is 238 g/mol. The van der Waals surface area contributed by atoms with E-state index in [4.69, 9.17) is 0 Å². The van der Waals surface area contributed by atoms with Crippen molar-refractivity contribution in [2.75, 3.05) is 0 Å². The lowest BCUT2D eigenvalue weighted by atomic mass is 9.89. The van der Waals surface area contributed by atoms with Gasteiger partial charge >= 0.3 is 0 Å². The molecule has 0 amide bonds. The Morgan fingerprint density at radius 1 is 0.611 bits per heavy atom. The van der Waals surface area contributed by atoms with Crippen LogP contribution in [0.1, 0.15) is 24.0 Å². The lowest BCUT2D eigenvalue weighted by Gasteiger charge is -2.14. The third kappa shape index (κ3) is 2.06. The number of ketones is 2. The van der Waals surface area contributed by atoms with Gasteiger partial charge in [0.15, 0.2) is 11.6 Å². The van der Waals surface area contributed by atoms with Gasteiger partial charge in [0.2, 0.25) is 0 Å². The fourth-order valence-electron chi connectivity index (χ4n) is 2.47. The summed E-state index contributed by atoms with van der Waals surface area (Å²) in [7, 11) is 0. The Morgan fingerprint density at radius 2 is 1.00 bits per heavy atom. The van der Waals surface area contributed by atoms with Gasteiger partial charge in [-0.05, 0) is 49.0 Å². The molecular weight excluding hydrogens is 224 g/mol. The van der Waals surface area contributed by atoms with Crippen molar-refractivity contribution in [3.63, 3.8) is 0 Å². The molecule has 0 fully saturated rings. The number of aryl methyl sites for hydroxylation is 2. The SMILES string of the molecule is O=C1C=C2CCc3ccc(cc3)CCC1=CC2=O. The van der Waals surface area contributed by atoms with Gasteiger partial charge in [0.1, 0.15) is 0 Å². The summed E-state index contributed by atoms with van der Waals surface area (Å²) in [5, 5.41) is 0. The molecule has 0 radical (unpaired) electrons. The van der Waals surface area contributed by atoms with E-state index in [1.165, 1.54) is 23.3 Å². The zero-order valence-electron chi connectivity index (χ0n) is 10.1. The molecule has 0 aromatic heterocycles. The van der Waals surface area contributed by atoms with E-state index in [9.17, 15) is 9.59 Å². The molecule has 0 atom stereocenters. The summed E-state index contributed by atoms with van der Waals surface area (Å²) in [5.74, 6) is 0.0270. The second-order valence-corrected chi connectivity index (χ2v) is 4.88. The summed E-state index contributed by atoms with van der Waals surface area (Å²) in [6.07, 6.45) is 5.99. The van der Waals surface area contributed by atoms with Crippen LogP contribution in [0.3, 0.4) is 0 Å². The van der Waals surface area contributed by atoms with Gasteiger partial charge in [-0.25, -0.2) is 0 Å². The van der Waals surface area contributed by atoms with Gasteiger partial charge in [-0.1, -0.05) is 24.3 Å². The molecule has 2 heteroatoms. The van der Waals surface area contributed by atoms with E-state index in [1.54, 1.807) is 0 Å². The zero-order valence-corrected chi connectivity index (χ0v) is 10.1. The Morgan fingerprint density at radius 3 is 1.39 bits per heavy atom. The van der Waals surface area contributed by atoms with E-state index in [-0.39, 0.29) is 11.6 Å².